The van der Waals surface area contributed by atoms with Crippen molar-refractivity contribution in [3.63, 3.8) is 0 Å². The van der Waals surface area contributed by atoms with Gasteiger partial charge in [0.05, 0.1) is 12.9 Å². The molecule has 0 radical (unpaired) electrons. The van der Waals surface area contributed by atoms with Gasteiger partial charge in [-0.1, -0.05) is 0 Å². The molecule has 6 nitrogen and oxygen atoms in total. The van der Waals surface area contributed by atoms with E-state index in [2.05, 4.69) is 9.38 Å². The van der Waals surface area contributed by atoms with E-state index in [1.807, 2.05) is 29.3 Å². The number of fused-ring (bicyclic) bond motifs is 1. The smallest absolute Gasteiger partial charge is 0.256 e. The van der Waals surface area contributed by atoms with E-state index < -0.39 is 10.0 Å². The van der Waals surface area contributed by atoms with Gasteiger partial charge >= 0.3 is 0 Å². The molecule has 0 unspecified atom stereocenters. The van der Waals surface area contributed by atoms with Gasteiger partial charge in [-0.15, -0.1) is 4.40 Å². The zero-order chi connectivity index (χ0) is 14.2. The van der Waals surface area contributed by atoms with Crippen molar-refractivity contribution in [2.75, 3.05) is 19.4 Å². The molecule has 2 aliphatic heterocycles. The van der Waals surface area contributed by atoms with E-state index in [4.69, 9.17) is 4.74 Å². The Kier molecular flexibility index (Phi) is 3.06. The molecule has 3 rings (SSSR count). The molecule has 0 saturated carbocycles. The molecule has 7 heteroatoms. The minimum absolute atomic E-state index is 0.0367. The topological polar surface area (TPSA) is 71.9 Å². The molecular formula is C13H13N3O3S. The van der Waals surface area contributed by atoms with Crippen molar-refractivity contribution in [3.8, 4) is 5.88 Å². The number of aromatic nitrogens is 1. The largest absolute Gasteiger partial charge is 0.481 e. The number of pyridine rings is 1. The molecule has 0 aliphatic carbocycles. The molecule has 0 atom stereocenters. The molecule has 0 spiro atoms. The van der Waals surface area contributed by atoms with Crippen LogP contribution in [0.25, 0.3) is 5.57 Å². The van der Waals surface area contributed by atoms with E-state index in [0.717, 1.165) is 11.1 Å². The van der Waals surface area contributed by atoms with Crippen molar-refractivity contribution in [3.05, 3.63) is 42.2 Å². The number of nitrogens with zero attached hydrogens (tertiary/aromatic N) is 3. The summed E-state index contributed by atoms with van der Waals surface area (Å²) in [6.45, 7) is 0.415. The molecule has 0 bridgehead atoms. The lowest BCUT2D eigenvalue weighted by molar-refractivity contribution is 0.398. The first-order chi connectivity index (χ1) is 9.59. The first-order valence-corrected chi connectivity index (χ1v) is 7.68. The fraction of sp³-hybridized carbons (Fsp3) is 0.231. The van der Waals surface area contributed by atoms with Crippen molar-refractivity contribution >= 4 is 21.4 Å². The molecule has 104 valence electrons. The predicted molar refractivity (Wildman–Crippen MR) is 75.8 cm³/mol. The van der Waals surface area contributed by atoms with Gasteiger partial charge in [0.15, 0.2) is 5.84 Å². The number of amidine groups is 1. The minimum Gasteiger partial charge on any atom is -0.481 e. The molecule has 0 fully saturated rings. The van der Waals surface area contributed by atoms with Crippen LogP contribution >= 0.6 is 0 Å². The summed E-state index contributed by atoms with van der Waals surface area (Å²) in [5, 5.41) is 0. The van der Waals surface area contributed by atoms with Gasteiger partial charge in [-0.3, -0.25) is 0 Å². The van der Waals surface area contributed by atoms with Crippen LogP contribution in [-0.4, -0.2) is 43.5 Å². The summed E-state index contributed by atoms with van der Waals surface area (Å²) in [6.07, 6.45) is 7.18. The summed E-state index contributed by atoms with van der Waals surface area (Å²) in [6, 6.07) is 3.56. The predicted octanol–water partition coefficient (Wildman–Crippen LogP) is 1.04. The van der Waals surface area contributed by atoms with E-state index in [1.54, 1.807) is 19.4 Å². The fourth-order valence-corrected chi connectivity index (χ4v) is 3.09. The van der Waals surface area contributed by atoms with Crippen LogP contribution in [0.1, 0.15) is 5.56 Å². The van der Waals surface area contributed by atoms with Crippen LogP contribution in [0.4, 0.5) is 0 Å². The third-order valence-corrected chi connectivity index (χ3v) is 4.26. The molecule has 1 aromatic heterocycles. The highest BCUT2D eigenvalue weighted by molar-refractivity contribution is 7.90. The summed E-state index contributed by atoms with van der Waals surface area (Å²) < 4.78 is 32.3. The van der Waals surface area contributed by atoms with Gasteiger partial charge in [0, 0.05) is 36.1 Å². The van der Waals surface area contributed by atoms with Crippen molar-refractivity contribution in [2.24, 2.45) is 4.40 Å². The number of sulfonamides is 1. The summed E-state index contributed by atoms with van der Waals surface area (Å²) in [5.41, 5.74) is 1.54. The Labute approximate surface area is 117 Å². The molecule has 0 N–H and O–H groups in total. The van der Waals surface area contributed by atoms with Crippen molar-refractivity contribution in [1.82, 2.24) is 9.88 Å². The molecular weight excluding hydrogens is 278 g/mol. The van der Waals surface area contributed by atoms with Crippen LogP contribution in [0, 0.1) is 0 Å². The summed E-state index contributed by atoms with van der Waals surface area (Å²) in [4.78, 5) is 5.97. The maximum absolute atomic E-state index is 11.7. The SMILES string of the molecule is COc1ccc(C2=CC=CN3CCS(=O)(=O)N=C23)cn1. The normalized spacial score (nSPS) is 19.9. The second kappa shape index (κ2) is 4.75. The molecule has 0 aromatic carbocycles. The highest BCUT2D eigenvalue weighted by Gasteiger charge is 2.27. The van der Waals surface area contributed by atoms with Crippen LogP contribution in [0.3, 0.4) is 0 Å². The van der Waals surface area contributed by atoms with E-state index in [1.165, 1.54) is 0 Å². The van der Waals surface area contributed by atoms with E-state index >= 15 is 0 Å². The molecule has 3 heterocycles. The number of ether oxygens (including phenoxy) is 1. The monoisotopic (exact) mass is 291 g/mol. The lowest BCUT2D eigenvalue weighted by Crippen LogP contribution is -2.37. The summed E-state index contributed by atoms with van der Waals surface area (Å²) in [7, 11) is -1.83. The van der Waals surface area contributed by atoms with Gasteiger partial charge in [-0.25, -0.2) is 13.4 Å². The maximum Gasteiger partial charge on any atom is 0.256 e. The lowest BCUT2D eigenvalue weighted by atomic mass is 10.0. The second-order valence-corrected chi connectivity index (χ2v) is 6.16. The number of methoxy groups -OCH3 is 1. The highest BCUT2D eigenvalue weighted by Crippen LogP contribution is 2.25. The van der Waals surface area contributed by atoms with Crippen molar-refractivity contribution in [1.29, 1.82) is 0 Å². The first-order valence-electron chi connectivity index (χ1n) is 6.08. The fourth-order valence-electron chi connectivity index (χ4n) is 2.10. The van der Waals surface area contributed by atoms with Crippen LogP contribution in [0.5, 0.6) is 5.88 Å². The molecule has 20 heavy (non-hydrogen) atoms. The zero-order valence-electron chi connectivity index (χ0n) is 10.9. The highest BCUT2D eigenvalue weighted by atomic mass is 32.2. The Morgan fingerprint density at radius 1 is 1.35 bits per heavy atom. The van der Waals surface area contributed by atoms with Gasteiger partial charge in [-0.2, -0.15) is 0 Å². The third kappa shape index (κ3) is 2.32. The average Bonchev–Trinajstić information content (AvgIpc) is 2.46. The molecule has 0 amide bonds. The van der Waals surface area contributed by atoms with Gasteiger partial charge < -0.3 is 9.64 Å². The van der Waals surface area contributed by atoms with E-state index in [-0.39, 0.29) is 5.75 Å². The number of hydrogen-bond donors (Lipinski definition) is 0. The minimum atomic E-state index is -3.38. The third-order valence-electron chi connectivity index (χ3n) is 3.11. The van der Waals surface area contributed by atoms with Crippen LogP contribution in [0.15, 0.2) is 41.1 Å². The standard InChI is InChI=1S/C13H13N3O3S/c1-19-12-5-4-10(9-14-12)11-3-2-6-16-7-8-20(17,18)15-13(11)16/h2-6,9H,7-8H2,1H3. The van der Waals surface area contributed by atoms with Gasteiger partial charge in [0.1, 0.15) is 0 Å². The van der Waals surface area contributed by atoms with E-state index in [9.17, 15) is 8.42 Å². The molecule has 0 saturated heterocycles. The second-order valence-electron chi connectivity index (χ2n) is 4.41. The summed E-state index contributed by atoms with van der Waals surface area (Å²) in [5.74, 6) is 0.996. The van der Waals surface area contributed by atoms with Gasteiger partial charge in [0.2, 0.25) is 5.88 Å². The van der Waals surface area contributed by atoms with Crippen molar-refractivity contribution in [2.45, 2.75) is 0 Å². The summed E-state index contributed by atoms with van der Waals surface area (Å²) >= 11 is 0. The molecule has 2 aliphatic rings. The average molecular weight is 291 g/mol. The Bertz CT molecular complexity index is 718. The van der Waals surface area contributed by atoms with Crippen LogP contribution in [-0.2, 0) is 10.0 Å². The quantitative estimate of drug-likeness (QED) is 0.814. The van der Waals surface area contributed by atoms with Crippen LogP contribution in [0.2, 0.25) is 0 Å². The molecule has 1 aromatic rings. The Morgan fingerprint density at radius 2 is 2.20 bits per heavy atom. The van der Waals surface area contributed by atoms with E-state index in [0.29, 0.717) is 18.3 Å². The first kappa shape index (κ1) is 12.9. The lowest BCUT2D eigenvalue weighted by Gasteiger charge is -2.29. The Hall–Kier alpha value is -2.15. The van der Waals surface area contributed by atoms with Gasteiger partial charge in [-0.05, 0) is 18.2 Å². The maximum atomic E-state index is 11.7. The Morgan fingerprint density at radius 3 is 2.90 bits per heavy atom. The number of hydrogen-bond acceptors (Lipinski definition) is 5. The van der Waals surface area contributed by atoms with Gasteiger partial charge in [0.25, 0.3) is 10.0 Å². The van der Waals surface area contributed by atoms with Crippen molar-refractivity contribution < 1.29 is 13.2 Å². The zero-order valence-corrected chi connectivity index (χ0v) is 11.7. The Balaban J connectivity index is 2.05. The number of allylic oxidation sites excluding steroid dienone is 2. The van der Waals surface area contributed by atoms with Crippen LogP contribution < -0.4 is 4.74 Å². The number of rotatable bonds is 2.